The second-order valence-electron chi connectivity index (χ2n) is 2.43. The molecule has 0 radical (unpaired) electrons. The van der Waals surface area contributed by atoms with Crippen LogP contribution >= 0.6 is 0 Å². The van der Waals surface area contributed by atoms with Gasteiger partial charge in [0.15, 0.2) is 0 Å². The van der Waals surface area contributed by atoms with Crippen molar-refractivity contribution >= 4 is 10.0 Å². The van der Waals surface area contributed by atoms with Crippen LogP contribution in [0.4, 0.5) is 0 Å². The van der Waals surface area contributed by atoms with Crippen molar-refractivity contribution in [2.24, 2.45) is 0 Å². The molecule has 0 rings (SSSR count). The first-order chi connectivity index (χ1) is 5.52. The highest BCUT2D eigenvalue weighted by atomic mass is 32.2. The van der Waals surface area contributed by atoms with Gasteiger partial charge in [0.2, 0.25) is 10.0 Å². The van der Waals surface area contributed by atoms with Crippen LogP contribution in [0.5, 0.6) is 0 Å². The summed E-state index contributed by atoms with van der Waals surface area (Å²) in [7, 11) is -1.52. The van der Waals surface area contributed by atoms with Crippen molar-refractivity contribution in [3.63, 3.8) is 0 Å². The lowest BCUT2D eigenvalue weighted by Crippen LogP contribution is -2.36. The summed E-state index contributed by atoms with van der Waals surface area (Å²) in [6.07, 6.45) is 5.02. The van der Waals surface area contributed by atoms with Gasteiger partial charge in [-0.15, -0.1) is 6.42 Å². The maximum atomic E-state index is 11.1. The van der Waals surface area contributed by atoms with Gasteiger partial charge in [-0.3, -0.25) is 0 Å². The van der Waals surface area contributed by atoms with Gasteiger partial charge in [-0.25, -0.2) is 13.1 Å². The molecule has 0 aromatic rings. The van der Waals surface area contributed by atoms with Crippen LogP contribution in [-0.2, 0) is 10.0 Å². The van der Waals surface area contributed by atoms with E-state index in [4.69, 9.17) is 6.42 Å². The molecule has 0 fully saturated rings. The third-order valence-electron chi connectivity index (χ3n) is 1.23. The van der Waals surface area contributed by atoms with Crippen molar-refractivity contribution in [3.8, 4) is 12.3 Å². The summed E-state index contributed by atoms with van der Waals surface area (Å²) in [6.45, 7) is 2.05. The zero-order valence-electron chi connectivity index (χ0n) is 7.29. The van der Waals surface area contributed by atoms with Gasteiger partial charge in [0.1, 0.15) is 0 Å². The molecule has 0 aliphatic heterocycles. The van der Waals surface area contributed by atoms with Crippen LogP contribution in [0.15, 0.2) is 0 Å². The van der Waals surface area contributed by atoms with Crippen molar-refractivity contribution < 1.29 is 8.42 Å². The van der Waals surface area contributed by atoms with E-state index in [0.29, 0.717) is 6.54 Å². The highest BCUT2D eigenvalue weighted by Gasteiger charge is 2.11. The molecule has 0 heterocycles. The minimum Gasteiger partial charge on any atom is -0.319 e. The predicted octanol–water partition coefficient (Wildman–Crippen LogP) is -0.853. The smallest absolute Gasteiger partial charge is 0.213 e. The normalized spacial score (nSPS) is 13.8. The summed E-state index contributed by atoms with van der Waals surface area (Å²) in [5.74, 6) is 2.34. The zero-order valence-corrected chi connectivity index (χ0v) is 8.11. The van der Waals surface area contributed by atoms with E-state index in [1.807, 2.05) is 0 Å². The Labute approximate surface area is 73.8 Å². The molecular weight excluding hydrogens is 176 g/mol. The second-order valence-corrected chi connectivity index (χ2v) is 4.30. The monoisotopic (exact) mass is 190 g/mol. The molecule has 70 valence electrons. The topological polar surface area (TPSA) is 58.2 Å². The van der Waals surface area contributed by atoms with Crippen LogP contribution in [0, 0.1) is 12.3 Å². The number of hydrogen-bond acceptors (Lipinski definition) is 3. The zero-order chi connectivity index (χ0) is 9.61. The Kier molecular flexibility index (Phi) is 4.90. The van der Waals surface area contributed by atoms with Crippen LogP contribution in [-0.4, -0.2) is 33.8 Å². The Hall–Kier alpha value is -0.570. The highest BCUT2D eigenvalue weighted by molar-refractivity contribution is 7.89. The molecule has 0 saturated heterocycles. The van der Waals surface area contributed by atoms with Crippen LogP contribution < -0.4 is 10.0 Å². The molecule has 0 bridgehead atoms. The predicted molar refractivity (Wildman–Crippen MR) is 49.1 cm³/mol. The van der Waals surface area contributed by atoms with E-state index in [9.17, 15) is 8.42 Å². The molecule has 5 heteroatoms. The lowest BCUT2D eigenvalue weighted by Gasteiger charge is -2.07. The molecule has 0 aliphatic rings. The first kappa shape index (κ1) is 11.4. The fourth-order valence-electron chi connectivity index (χ4n) is 0.599. The SMILES string of the molecule is C#CC(C)NS(=O)(=O)CCNC. The van der Waals surface area contributed by atoms with E-state index >= 15 is 0 Å². The van der Waals surface area contributed by atoms with Gasteiger partial charge in [-0.2, -0.15) is 0 Å². The quantitative estimate of drug-likeness (QED) is 0.555. The summed E-state index contributed by atoms with van der Waals surface area (Å²) in [6, 6.07) is -0.438. The molecule has 12 heavy (non-hydrogen) atoms. The molecule has 4 nitrogen and oxygen atoms in total. The fourth-order valence-corrected chi connectivity index (χ4v) is 1.80. The molecule has 0 aromatic heterocycles. The third-order valence-corrected chi connectivity index (χ3v) is 2.68. The minimum atomic E-state index is -3.21. The Morgan fingerprint density at radius 2 is 2.17 bits per heavy atom. The van der Waals surface area contributed by atoms with Gasteiger partial charge in [0.25, 0.3) is 0 Å². The van der Waals surface area contributed by atoms with Crippen LogP contribution in [0.2, 0.25) is 0 Å². The van der Waals surface area contributed by atoms with E-state index in [-0.39, 0.29) is 5.75 Å². The number of rotatable bonds is 5. The first-order valence-corrected chi connectivity index (χ1v) is 5.28. The molecule has 1 atom stereocenters. The van der Waals surface area contributed by atoms with Crippen molar-refractivity contribution in [3.05, 3.63) is 0 Å². The first-order valence-electron chi connectivity index (χ1n) is 3.62. The number of hydrogen-bond donors (Lipinski definition) is 2. The Morgan fingerprint density at radius 3 is 2.58 bits per heavy atom. The maximum absolute atomic E-state index is 11.1. The summed E-state index contributed by atoms with van der Waals surface area (Å²) >= 11 is 0. The highest BCUT2D eigenvalue weighted by Crippen LogP contribution is 1.86. The largest absolute Gasteiger partial charge is 0.319 e. The lowest BCUT2D eigenvalue weighted by molar-refractivity contribution is 0.575. The van der Waals surface area contributed by atoms with E-state index in [1.54, 1.807) is 14.0 Å². The molecular formula is C7H14N2O2S. The third kappa shape index (κ3) is 5.13. The van der Waals surface area contributed by atoms with Crippen molar-refractivity contribution in [2.45, 2.75) is 13.0 Å². The van der Waals surface area contributed by atoms with Gasteiger partial charge >= 0.3 is 0 Å². The summed E-state index contributed by atoms with van der Waals surface area (Å²) < 4.78 is 24.6. The van der Waals surface area contributed by atoms with Crippen molar-refractivity contribution in [1.29, 1.82) is 0 Å². The summed E-state index contributed by atoms with van der Waals surface area (Å²) in [4.78, 5) is 0. The summed E-state index contributed by atoms with van der Waals surface area (Å²) in [5, 5.41) is 2.74. The van der Waals surface area contributed by atoms with E-state index < -0.39 is 16.1 Å². The van der Waals surface area contributed by atoms with Crippen LogP contribution in [0.3, 0.4) is 0 Å². The average Bonchev–Trinajstić information content (AvgIpc) is 2.00. The van der Waals surface area contributed by atoms with E-state index in [1.165, 1.54) is 0 Å². The maximum Gasteiger partial charge on any atom is 0.213 e. The minimum absolute atomic E-state index is 0.0511. The van der Waals surface area contributed by atoms with Gasteiger partial charge in [0.05, 0.1) is 11.8 Å². The van der Waals surface area contributed by atoms with Gasteiger partial charge in [0, 0.05) is 6.54 Å². The Morgan fingerprint density at radius 1 is 1.58 bits per heavy atom. The standard InChI is InChI=1S/C7H14N2O2S/c1-4-7(2)9-12(10,11)6-5-8-3/h1,7-9H,5-6H2,2-3H3. The lowest BCUT2D eigenvalue weighted by atomic mass is 10.4. The molecule has 1 unspecified atom stereocenters. The molecule has 0 aliphatic carbocycles. The van der Waals surface area contributed by atoms with Crippen LogP contribution in [0.1, 0.15) is 6.92 Å². The van der Waals surface area contributed by atoms with Crippen LogP contribution in [0.25, 0.3) is 0 Å². The Bertz CT molecular complexity index is 253. The fraction of sp³-hybridized carbons (Fsp3) is 0.714. The van der Waals surface area contributed by atoms with Gasteiger partial charge < -0.3 is 5.32 Å². The van der Waals surface area contributed by atoms with Gasteiger partial charge in [-0.05, 0) is 14.0 Å². The van der Waals surface area contributed by atoms with E-state index in [0.717, 1.165) is 0 Å². The average molecular weight is 190 g/mol. The molecule has 0 saturated carbocycles. The number of sulfonamides is 1. The Balaban J connectivity index is 3.99. The van der Waals surface area contributed by atoms with E-state index in [2.05, 4.69) is 16.0 Å². The van der Waals surface area contributed by atoms with Gasteiger partial charge in [-0.1, -0.05) is 5.92 Å². The molecule has 2 N–H and O–H groups in total. The molecule has 0 spiro atoms. The second kappa shape index (κ2) is 5.14. The van der Waals surface area contributed by atoms with Crippen molar-refractivity contribution in [1.82, 2.24) is 10.0 Å². The molecule has 0 aromatic carbocycles. The van der Waals surface area contributed by atoms with Crippen molar-refractivity contribution in [2.75, 3.05) is 19.3 Å². The number of nitrogens with one attached hydrogen (secondary N) is 2. The number of terminal acetylenes is 1. The summed E-state index contributed by atoms with van der Waals surface area (Å²) in [5.41, 5.74) is 0. The molecule has 0 amide bonds.